The number of nitrogens with zero attached hydrogens (tertiary/aromatic N) is 1. The van der Waals surface area contributed by atoms with Crippen molar-refractivity contribution in [3.8, 4) is 0 Å². The van der Waals surface area contributed by atoms with Gasteiger partial charge < -0.3 is 15.0 Å². The quantitative estimate of drug-likeness (QED) is 0.345. The highest BCUT2D eigenvalue weighted by Gasteiger charge is 2.34. The Bertz CT molecular complexity index is 1230. The normalized spacial score (nSPS) is 11.7. The lowest BCUT2D eigenvalue weighted by Gasteiger charge is -2.13. The van der Waals surface area contributed by atoms with E-state index in [2.05, 4.69) is 20.0 Å². The van der Waals surface area contributed by atoms with E-state index >= 15 is 0 Å². The first kappa shape index (κ1) is 22.2. The molecule has 1 aromatic heterocycles. The Morgan fingerprint density at radius 3 is 2.42 bits per heavy atom. The van der Waals surface area contributed by atoms with Crippen LogP contribution in [0.15, 0.2) is 41.2 Å². The number of esters is 1. The van der Waals surface area contributed by atoms with E-state index in [4.69, 9.17) is 11.6 Å². The number of aryl methyl sites for hydroxylation is 2. The summed E-state index contributed by atoms with van der Waals surface area (Å²) >= 11 is 5.81. The lowest BCUT2D eigenvalue weighted by atomic mass is 9.97. The average molecular weight is 442 g/mol. The molecule has 0 bridgehead atoms. The van der Waals surface area contributed by atoms with Crippen LogP contribution in [-0.4, -0.2) is 34.7 Å². The summed E-state index contributed by atoms with van der Waals surface area (Å²) in [6.07, 6.45) is -0.377. The fraction of sp³-hybridized carbons (Fsp3) is 0.227. The number of Topliss-reactive ketones (excluding diaryl/α,β-unsaturated/α-hetero) is 1. The minimum atomic E-state index is -1.52. The van der Waals surface area contributed by atoms with Gasteiger partial charge in [0.05, 0.1) is 18.1 Å². The Morgan fingerprint density at radius 2 is 1.77 bits per heavy atom. The van der Waals surface area contributed by atoms with E-state index in [9.17, 15) is 19.2 Å². The summed E-state index contributed by atoms with van der Waals surface area (Å²) in [6, 6.07) is 9.71. The van der Waals surface area contributed by atoms with Crippen molar-refractivity contribution in [3.63, 3.8) is 0 Å². The Kier molecular flexibility index (Phi) is 6.50. The third kappa shape index (κ3) is 4.97. The number of carbonyl (C=O) groups excluding carboxylic acids is 3. The molecule has 3 aromatic rings. The number of ketones is 1. The van der Waals surface area contributed by atoms with Gasteiger partial charge in [-0.15, -0.1) is 0 Å². The lowest BCUT2D eigenvalue weighted by Crippen LogP contribution is -2.37. The van der Waals surface area contributed by atoms with Crippen LogP contribution >= 0.6 is 11.6 Å². The number of amides is 1. The predicted molar refractivity (Wildman–Crippen MR) is 116 cm³/mol. The SMILES string of the molecule is COC(=O)[C@@H](Cc1nc2cc(C)c(C)cc2[nH]c1=O)C(=O)C(=O)Nc1ccc(Cl)cc1. The second-order valence-electron chi connectivity index (χ2n) is 7.07. The molecule has 160 valence electrons. The number of fused-ring (bicyclic) bond motifs is 1. The lowest BCUT2D eigenvalue weighted by molar-refractivity contribution is -0.152. The van der Waals surface area contributed by atoms with Gasteiger partial charge in [-0.3, -0.25) is 19.2 Å². The molecule has 31 heavy (non-hydrogen) atoms. The first-order valence-corrected chi connectivity index (χ1v) is 9.76. The van der Waals surface area contributed by atoms with Gasteiger partial charge in [0.1, 0.15) is 11.6 Å². The zero-order chi connectivity index (χ0) is 22.7. The van der Waals surface area contributed by atoms with Gasteiger partial charge in [0.15, 0.2) is 0 Å². The summed E-state index contributed by atoms with van der Waals surface area (Å²) in [6.45, 7) is 3.81. The molecule has 2 N–H and O–H groups in total. The Balaban J connectivity index is 1.89. The van der Waals surface area contributed by atoms with Crippen LogP contribution in [0.5, 0.6) is 0 Å². The van der Waals surface area contributed by atoms with Crippen molar-refractivity contribution in [2.45, 2.75) is 20.3 Å². The molecular formula is C22H20ClN3O5. The van der Waals surface area contributed by atoms with Crippen molar-refractivity contribution in [2.75, 3.05) is 12.4 Å². The van der Waals surface area contributed by atoms with Gasteiger partial charge in [-0.05, 0) is 61.4 Å². The van der Waals surface area contributed by atoms with Crippen LogP contribution in [0.25, 0.3) is 11.0 Å². The van der Waals surface area contributed by atoms with Crippen molar-refractivity contribution in [1.29, 1.82) is 0 Å². The number of nitrogens with one attached hydrogen (secondary N) is 2. The van der Waals surface area contributed by atoms with E-state index < -0.39 is 29.1 Å². The molecule has 0 fully saturated rings. The van der Waals surface area contributed by atoms with Crippen molar-refractivity contribution in [3.05, 3.63) is 68.6 Å². The summed E-state index contributed by atoms with van der Waals surface area (Å²) in [5.41, 5.74) is 2.76. The monoisotopic (exact) mass is 441 g/mol. The van der Waals surface area contributed by atoms with Gasteiger partial charge in [0.2, 0.25) is 5.78 Å². The molecule has 1 atom stereocenters. The Labute approximate surface area is 182 Å². The maximum absolute atomic E-state index is 12.7. The highest BCUT2D eigenvalue weighted by Crippen LogP contribution is 2.17. The molecule has 0 saturated heterocycles. The van der Waals surface area contributed by atoms with Gasteiger partial charge in [-0.1, -0.05) is 11.6 Å². The maximum atomic E-state index is 12.7. The van der Waals surface area contributed by atoms with Gasteiger partial charge in [-0.25, -0.2) is 4.98 Å². The number of aromatic amines is 1. The molecule has 0 saturated carbocycles. The van der Waals surface area contributed by atoms with E-state index in [0.717, 1.165) is 18.2 Å². The van der Waals surface area contributed by atoms with Crippen molar-refractivity contribution in [1.82, 2.24) is 9.97 Å². The number of H-pyrrole nitrogens is 1. The first-order chi connectivity index (χ1) is 14.7. The van der Waals surface area contributed by atoms with Crippen molar-refractivity contribution >= 4 is 46.0 Å². The standard InChI is InChI=1S/C22H20ClN3O5/c1-11-8-16-17(9-12(11)2)26-20(28)18(25-16)10-15(22(30)31-3)19(27)21(29)24-14-6-4-13(23)5-7-14/h4-9,15H,10H2,1-3H3,(H,24,29)(H,26,28)/t15-/m0/s1. The van der Waals surface area contributed by atoms with Crippen LogP contribution in [0.1, 0.15) is 16.8 Å². The highest BCUT2D eigenvalue weighted by molar-refractivity contribution is 6.44. The molecule has 0 radical (unpaired) electrons. The summed E-state index contributed by atoms with van der Waals surface area (Å²) in [5.74, 6) is -4.50. The number of carbonyl (C=O) groups is 3. The van der Waals surface area contributed by atoms with Gasteiger partial charge in [0, 0.05) is 17.1 Å². The second-order valence-corrected chi connectivity index (χ2v) is 7.51. The molecular weight excluding hydrogens is 422 g/mol. The molecule has 1 heterocycles. The third-order valence-electron chi connectivity index (χ3n) is 4.90. The average Bonchev–Trinajstić information content (AvgIpc) is 2.74. The predicted octanol–water partition coefficient (Wildman–Crippen LogP) is 2.73. The summed E-state index contributed by atoms with van der Waals surface area (Å²) in [4.78, 5) is 56.9. The number of anilines is 1. The van der Waals surface area contributed by atoms with E-state index in [0.29, 0.717) is 21.7 Å². The van der Waals surface area contributed by atoms with Crippen LogP contribution in [0, 0.1) is 19.8 Å². The molecule has 0 spiro atoms. The zero-order valence-corrected chi connectivity index (χ0v) is 17.9. The molecule has 9 heteroatoms. The fourth-order valence-electron chi connectivity index (χ4n) is 3.03. The Morgan fingerprint density at radius 1 is 1.13 bits per heavy atom. The summed E-state index contributed by atoms with van der Waals surface area (Å²) in [7, 11) is 1.10. The van der Waals surface area contributed by atoms with E-state index in [1.165, 1.54) is 12.1 Å². The molecule has 0 unspecified atom stereocenters. The number of hydrogen-bond donors (Lipinski definition) is 2. The van der Waals surface area contributed by atoms with Crippen molar-refractivity contribution in [2.24, 2.45) is 5.92 Å². The number of methoxy groups -OCH3 is 1. The molecule has 1 amide bonds. The summed E-state index contributed by atoms with van der Waals surface area (Å²) < 4.78 is 4.69. The van der Waals surface area contributed by atoms with Crippen LogP contribution in [0.3, 0.4) is 0 Å². The number of hydrogen-bond acceptors (Lipinski definition) is 6. The number of aromatic nitrogens is 2. The topological polar surface area (TPSA) is 118 Å². The molecule has 8 nitrogen and oxygen atoms in total. The molecule has 0 aliphatic heterocycles. The van der Waals surface area contributed by atoms with E-state index in [1.54, 1.807) is 24.3 Å². The van der Waals surface area contributed by atoms with Crippen LogP contribution < -0.4 is 10.9 Å². The number of rotatable bonds is 6. The van der Waals surface area contributed by atoms with Gasteiger partial charge >= 0.3 is 5.97 Å². The van der Waals surface area contributed by atoms with E-state index in [-0.39, 0.29) is 12.1 Å². The van der Waals surface area contributed by atoms with Crippen LogP contribution in [0.4, 0.5) is 5.69 Å². The minimum Gasteiger partial charge on any atom is -0.468 e. The highest BCUT2D eigenvalue weighted by atomic mass is 35.5. The zero-order valence-electron chi connectivity index (χ0n) is 17.1. The maximum Gasteiger partial charge on any atom is 0.317 e. The van der Waals surface area contributed by atoms with Crippen LogP contribution in [0.2, 0.25) is 5.02 Å². The molecule has 2 aromatic carbocycles. The summed E-state index contributed by atoms with van der Waals surface area (Å²) in [5, 5.41) is 2.87. The largest absolute Gasteiger partial charge is 0.468 e. The van der Waals surface area contributed by atoms with Gasteiger partial charge in [-0.2, -0.15) is 0 Å². The third-order valence-corrected chi connectivity index (χ3v) is 5.16. The minimum absolute atomic E-state index is 0.0428. The van der Waals surface area contributed by atoms with Crippen LogP contribution in [-0.2, 0) is 25.5 Å². The fourth-order valence-corrected chi connectivity index (χ4v) is 3.15. The van der Waals surface area contributed by atoms with Crippen molar-refractivity contribution < 1.29 is 19.1 Å². The van der Waals surface area contributed by atoms with E-state index in [1.807, 2.05) is 13.8 Å². The molecule has 0 aliphatic carbocycles. The van der Waals surface area contributed by atoms with Gasteiger partial charge in [0.25, 0.3) is 11.5 Å². The smallest absolute Gasteiger partial charge is 0.317 e. The number of benzene rings is 2. The number of halogens is 1. The second kappa shape index (κ2) is 9.09. The number of ether oxygens (including phenoxy) is 1. The molecule has 0 aliphatic rings. The molecule has 3 rings (SSSR count). The first-order valence-electron chi connectivity index (χ1n) is 9.38. The Hall–Kier alpha value is -3.52.